The largest absolute Gasteiger partial charge is 0.416 e. The van der Waals surface area contributed by atoms with Crippen LogP contribution in [0, 0.1) is 0 Å². The van der Waals surface area contributed by atoms with Crippen LogP contribution in [0.4, 0.5) is 13.2 Å². The second kappa shape index (κ2) is 7.13. The van der Waals surface area contributed by atoms with Gasteiger partial charge in [-0.1, -0.05) is 60.7 Å². The third-order valence-electron chi connectivity index (χ3n) is 3.85. The van der Waals surface area contributed by atoms with Crippen molar-refractivity contribution in [3.8, 4) is 22.4 Å². The molecule has 2 aromatic carbocycles. The standard InChI is InChI=1S/C19H15F3N2O2/c20-19(21,22)16(25)12-24-17(26)11-15(13-7-3-1-4-8-13)18(23-24)14-9-5-2-6-10-14/h1-11,16,25H,12H2. The summed E-state index contributed by atoms with van der Waals surface area (Å²) in [5, 5.41) is 13.4. The van der Waals surface area contributed by atoms with Gasteiger partial charge in [0.05, 0.1) is 12.2 Å². The van der Waals surface area contributed by atoms with Crippen molar-refractivity contribution in [3.05, 3.63) is 77.1 Å². The summed E-state index contributed by atoms with van der Waals surface area (Å²) in [6.45, 7) is -0.961. The van der Waals surface area contributed by atoms with Crippen LogP contribution in [0.2, 0.25) is 0 Å². The molecule has 0 amide bonds. The van der Waals surface area contributed by atoms with Crippen LogP contribution in [0.3, 0.4) is 0 Å². The lowest BCUT2D eigenvalue weighted by atomic mass is 10.0. The lowest BCUT2D eigenvalue weighted by Crippen LogP contribution is -2.37. The van der Waals surface area contributed by atoms with Crippen LogP contribution in [0.1, 0.15) is 0 Å². The summed E-state index contributed by atoms with van der Waals surface area (Å²) in [6.07, 6.45) is -7.49. The van der Waals surface area contributed by atoms with E-state index in [1.54, 1.807) is 54.6 Å². The first-order chi connectivity index (χ1) is 12.4. The van der Waals surface area contributed by atoms with Gasteiger partial charge >= 0.3 is 6.18 Å². The van der Waals surface area contributed by atoms with Gasteiger partial charge in [0.2, 0.25) is 0 Å². The smallest absolute Gasteiger partial charge is 0.382 e. The molecule has 7 heteroatoms. The topological polar surface area (TPSA) is 55.1 Å². The molecule has 1 aromatic heterocycles. The van der Waals surface area contributed by atoms with Crippen LogP contribution < -0.4 is 5.56 Å². The Morgan fingerprint density at radius 2 is 1.50 bits per heavy atom. The molecule has 3 rings (SSSR count). The third kappa shape index (κ3) is 3.83. The SMILES string of the molecule is O=c1cc(-c2ccccc2)c(-c2ccccc2)nn1CC(O)C(F)(F)F. The van der Waals surface area contributed by atoms with E-state index in [0.717, 1.165) is 5.56 Å². The van der Waals surface area contributed by atoms with E-state index in [1.807, 2.05) is 6.07 Å². The number of aromatic nitrogens is 2. The number of aliphatic hydroxyl groups is 1. The molecule has 0 fully saturated rings. The predicted molar refractivity (Wildman–Crippen MR) is 91.4 cm³/mol. The van der Waals surface area contributed by atoms with E-state index >= 15 is 0 Å². The number of hydrogen-bond acceptors (Lipinski definition) is 3. The number of hydrogen-bond donors (Lipinski definition) is 1. The Morgan fingerprint density at radius 1 is 0.962 bits per heavy atom. The van der Waals surface area contributed by atoms with Crippen LogP contribution in [0.5, 0.6) is 0 Å². The minimum atomic E-state index is -4.83. The fourth-order valence-corrected chi connectivity index (χ4v) is 2.54. The van der Waals surface area contributed by atoms with Gasteiger partial charge < -0.3 is 5.11 Å². The normalized spacial score (nSPS) is 12.8. The number of benzene rings is 2. The zero-order valence-electron chi connectivity index (χ0n) is 13.5. The molecule has 0 aliphatic carbocycles. The van der Waals surface area contributed by atoms with E-state index in [2.05, 4.69) is 5.10 Å². The van der Waals surface area contributed by atoms with E-state index in [1.165, 1.54) is 6.07 Å². The van der Waals surface area contributed by atoms with Gasteiger partial charge in [-0.25, -0.2) is 4.68 Å². The molecule has 0 aliphatic heterocycles. The Morgan fingerprint density at radius 3 is 2.04 bits per heavy atom. The average Bonchev–Trinajstić information content (AvgIpc) is 2.63. The molecular formula is C19H15F3N2O2. The average molecular weight is 360 g/mol. The highest BCUT2D eigenvalue weighted by Gasteiger charge is 2.38. The van der Waals surface area contributed by atoms with Crippen molar-refractivity contribution in [2.45, 2.75) is 18.8 Å². The summed E-state index contributed by atoms with van der Waals surface area (Å²) in [6, 6.07) is 19.1. The number of rotatable bonds is 4. The molecule has 26 heavy (non-hydrogen) atoms. The Kier molecular flexibility index (Phi) is 4.90. The lowest BCUT2D eigenvalue weighted by Gasteiger charge is -2.17. The van der Waals surface area contributed by atoms with Crippen LogP contribution in [0.15, 0.2) is 71.5 Å². The van der Waals surface area contributed by atoms with E-state index in [9.17, 15) is 23.1 Å². The quantitative estimate of drug-likeness (QED) is 0.775. The third-order valence-corrected chi connectivity index (χ3v) is 3.85. The van der Waals surface area contributed by atoms with Gasteiger partial charge in [0, 0.05) is 17.2 Å². The van der Waals surface area contributed by atoms with E-state index < -0.39 is 24.4 Å². The fraction of sp³-hybridized carbons (Fsp3) is 0.158. The Hall–Kier alpha value is -2.93. The Labute approximate surface area is 147 Å². The molecule has 1 atom stereocenters. The van der Waals surface area contributed by atoms with Gasteiger partial charge in [0.1, 0.15) is 0 Å². The van der Waals surface area contributed by atoms with Crippen molar-refractivity contribution in [1.82, 2.24) is 9.78 Å². The van der Waals surface area contributed by atoms with E-state index in [-0.39, 0.29) is 0 Å². The summed E-state index contributed by atoms with van der Waals surface area (Å²) in [4.78, 5) is 12.3. The van der Waals surface area contributed by atoms with Crippen LogP contribution in [-0.4, -0.2) is 27.2 Å². The minimum Gasteiger partial charge on any atom is -0.382 e. The van der Waals surface area contributed by atoms with Gasteiger partial charge in [-0.2, -0.15) is 18.3 Å². The van der Waals surface area contributed by atoms with Gasteiger partial charge in [0.15, 0.2) is 6.10 Å². The summed E-state index contributed by atoms with van der Waals surface area (Å²) in [7, 11) is 0. The molecule has 1 heterocycles. The maximum atomic E-state index is 12.6. The highest BCUT2D eigenvalue weighted by molar-refractivity contribution is 5.80. The first kappa shape index (κ1) is 17.9. The van der Waals surface area contributed by atoms with E-state index in [0.29, 0.717) is 21.5 Å². The zero-order valence-corrected chi connectivity index (χ0v) is 13.5. The lowest BCUT2D eigenvalue weighted by molar-refractivity contribution is -0.208. The monoisotopic (exact) mass is 360 g/mol. The number of halogens is 3. The first-order valence-corrected chi connectivity index (χ1v) is 7.84. The molecule has 0 bridgehead atoms. The molecule has 0 spiro atoms. The number of nitrogens with zero attached hydrogens (tertiary/aromatic N) is 2. The van der Waals surface area contributed by atoms with Crippen molar-refractivity contribution < 1.29 is 18.3 Å². The fourth-order valence-electron chi connectivity index (χ4n) is 2.54. The van der Waals surface area contributed by atoms with Crippen LogP contribution >= 0.6 is 0 Å². The molecule has 0 radical (unpaired) electrons. The van der Waals surface area contributed by atoms with E-state index in [4.69, 9.17) is 0 Å². The maximum absolute atomic E-state index is 12.6. The second-order valence-corrected chi connectivity index (χ2v) is 5.72. The zero-order chi connectivity index (χ0) is 18.7. The minimum absolute atomic E-state index is 0.366. The summed E-state index contributed by atoms with van der Waals surface area (Å²) in [5.74, 6) is 0. The molecule has 3 aromatic rings. The van der Waals surface area contributed by atoms with Crippen molar-refractivity contribution in [2.75, 3.05) is 0 Å². The highest BCUT2D eigenvalue weighted by Crippen LogP contribution is 2.29. The molecular weight excluding hydrogens is 345 g/mol. The molecule has 1 N–H and O–H groups in total. The van der Waals surface area contributed by atoms with Gasteiger partial charge in [-0.3, -0.25) is 4.79 Å². The van der Waals surface area contributed by atoms with Gasteiger partial charge in [0.25, 0.3) is 5.56 Å². The van der Waals surface area contributed by atoms with Crippen molar-refractivity contribution in [1.29, 1.82) is 0 Å². The molecule has 0 saturated heterocycles. The number of aliphatic hydroxyl groups excluding tert-OH is 1. The molecule has 1 unspecified atom stereocenters. The number of alkyl halides is 3. The maximum Gasteiger partial charge on any atom is 0.416 e. The van der Waals surface area contributed by atoms with Gasteiger partial charge in [-0.05, 0) is 5.56 Å². The molecule has 0 aliphatic rings. The summed E-state index contributed by atoms with van der Waals surface area (Å²) in [5.41, 5.74) is 1.54. The molecule has 4 nitrogen and oxygen atoms in total. The Balaban J connectivity index is 2.15. The van der Waals surface area contributed by atoms with Crippen molar-refractivity contribution in [3.63, 3.8) is 0 Å². The molecule has 0 saturated carbocycles. The molecule has 134 valence electrons. The van der Waals surface area contributed by atoms with Crippen molar-refractivity contribution in [2.24, 2.45) is 0 Å². The highest BCUT2D eigenvalue weighted by atomic mass is 19.4. The predicted octanol–water partition coefficient (Wildman–Crippen LogP) is 3.50. The second-order valence-electron chi connectivity index (χ2n) is 5.72. The van der Waals surface area contributed by atoms with Crippen LogP contribution in [-0.2, 0) is 6.54 Å². The summed E-state index contributed by atoms with van der Waals surface area (Å²) < 4.78 is 38.6. The first-order valence-electron chi connectivity index (χ1n) is 7.84. The van der Waals surface area contributed by atoms with Gasteiger partial charge in [-0.15, -0.1) is 0 Å². The summed E-state index contributed by atoms with van der Waals surface area (Å²) >= 11 is 0. The Bertz CT molecular complexity index is 938. The van der Waals surface area contributed by atoms with Crippen LogP contribution in [0.25, 0.3) is 22.4 Å². The van der Waals surface area contributed by atoms with Crippen molar-refractivity contribution >= 4 is 0 Å².